The van der Waals surface area contributed by atoms with Gasteiger partial charge in [-0.2, -0.15) is 0 Å². The molecule has 0 amide bonds. The lowest BCUT2D eigenvalue weighted by Crippen LogP contribution is -2.16. The zero-order valence-electron chi connectivity index (χ0n) is 10.9. The molecule has 3 heteroatoms. The van der Waals surface area contributed by atoms with Crippen LogP contribution in [0.3, 0.4) is 0 Å². The van der Waals surface area contributed by atoms with Crippen molar-refractivity contribution < 1.29 is 0 Å². The molecule has 0 saturated heterocycles. The Labute approximate surface area is 130 Å². The van der Waals surface area contributed by atoms with Crippen LogP contribution in [-0.4, -0.2) is 5.38 Å². The SMILES string of the molecule is Clc1ccc(CC(Cl)CC2CC3CCC2C3)cc1Cl. The first-order valence-corrected chi connectivity index (χ1v) is 8.39. The fourth-order valence-electron chi connectivity index (χ4n) is 4.00. The molecule has 1 aromatic rings. The van der Waals surface area contributed by atoms with Crippen molar-refractivity contribution >= 4 is 34.8 Å². The van der Waals surface area contributed by atoms with Gasteiger partial charge in [0, 0.05) is 5.38 Å². The lowest BCUT2D eigenvalue weighted by molar-refractivity contribution is 0.310. The van der Waals surface area contributed by atoms with Gasteiger partial charge in [0.05, 0.1) is 10.0 Å². The number of fused-ring (bicyclic) bond motifs is 2. The Morgan fingerprint density at radius 3 is 2.58 bits per heavy atom. The van der Waals surface area contributed by atoms with Crippen LogP contribution in [0.15, 0.2) is 18.2 Å². The van der Waals surface area contributed by atoms with Gasteiger partial charge in [-0.15, -0.1) is 11.6 Å². The topological polar surface area (TPSA) is 0 Å². The average Bonchev–Trinajstić information content (AvgIpc) is 2.96. The molecule has 2 bridgehead atoms. The summed E-state index contributed by atoms with van der Waals surface area (Å²) in [5, 5.41) is 1.47. The van der Waals surface area contributed by atoms with Crippen molar-refractivity contribution in [2.24, 2.45) is 17.8 Å². The monoisotopic (exact) mass is 316 g/mol. The summed E-state index contributed by atoms with van der Waals surface area (Å²) in [5.41, 5.74) is 1.19. The third kappa shape index (κ3) is 3.23. The summed E-state index contributed by atoms with van der Waals surface area (Å²) in [6.45, 7) is 0. The van der Waals surface area contributed by atoms with E-state index in [0.717, 1.165) is 30.6 Å². The highest BCUT2D eigenvalue weighted by molar-refractivity contribution is 6.42. The van der Waals surface area contributed by atoms with Gasteiger partial charge in [0.1, 0.15) is 0 Å². The molecule has 104 valence electrons. The standard InChI is InChI=1S/C16H19Cl3/c17-14(7-11-2-4-15(18)16(19)8-11)9-13-6-10-1-3-12(13)5-10/h2,4,8,10,12-14H,1,3,5-7,9H2. The minimum Gasteiger partial charge on any atom is -0.123 e. The summed E-state index contributed by atoms with van der Waals surface area (Å²) in [6.07, 6.45) is 7.82. The van der Waals surface area contributed by atoms with E-state index in [2.05, 4.69) is 0 Å². The highest BCUT2D eigenvalue weighted by Gasteiger charge is 2.39. The Bertz CT molecular complexity index is 457. The van der Waals surface area contributed by atoms with Crippen LogP contribution in [0.5, 0.6) is 0 Å². The van der Waals surface area contributed by atoms with Crippen molar-refractivity contribution in [1.29, 1.82) is 0 Å². The van der Waals surface area contributed by atoms with Crippen LogP contribution >= 0.6 is 34.8 Å². The van der Waals surface area contributed by atoms with Crippen molar-refractivity contribution in [2.75, 3.05) is 0 Å². The Morgan fingerprint density at radius 2 is 1.95 bits per heavy atom. The van der Waals surface area contributed by atoms with E-state index in [1.54, 1.807) is 0 Å². The first-order valence-electron chi connectivity index (χ1n) is 7.20. The van der Waals surface area contributed by atoms with Gasteiger partial charge in [0.2, 0.25) is 0 Å². The Balaban J connectivity index is 1.56. The molecule has 2 fully saturated rings. The first-order chi connectivity index (χ1) is 9.11. The van der Waals surface area contributed by atoms with E-state index >= 15 is 0 Å². The van der Waals surface area contributed by atoms with Gasteiger partial charge in [0.15, 0.2) is 0 Å². The van der Waals surface area contributed by atoms with E-state index < -0.39 is 0 Å². The van der Waals surface area contributed by atoms with E-state index in [-0.39, 0.29) is 5.38 Å². The predicted octanol–water partition coefficient (Wildman–Crippen LogP) is 5.97. The lowest BCUT2D eigenvalue weighted by atomic mass is 9.84. The van der Waals surface area contributed by atoms with Crippen LogP contribution in [-0.2, 0) is 6.42 Å². The van der Waals surface area contributed by atoms with Gasteiger partial charge < -0.3 is 0 Å². The smallest absolute Gasteiger partial charge is 0.0595 e. The number of benzene rings is 1. The molecule has 0 heterocycles. The molecular formula is C16H19Cl3. The maximum Gasteiger partial charge on any atom is 0.0595 e. The average molecular weight is 318 g/mol. The van der Waals surface area contributed by atoms with Crippen LogP contribution in [0.4, 0.5) is 0 Å². The zero-order chi connectivity index (χ0) is 13.4. The van der Waals surface area contributed by atoms with Gasteiger partial charge in [-0.05, 0) is 67.6 Å². The third-order valence-electron chi connectivity index (χ3n) is 4.88. The largest absolute Gasteiger partial charge is 0.123 e. The molecule has 2 saturated carbocycles. The number of halogens is 3. The van der Waals surface area contributed by atoms with E-state index in [4.69, 9.17) is 34.8 Å². The second kappa shape index (κ2) is 5.84. The van der Waals surface area contributed by atoms with E-state index in [0.29, 0.717) is 10.0 Å². The summed E-state index contributed by atoms with van der Waals surface area (Å²) in [7, 11) is 0. The second-order valence-electron chi connectivity index (χ2n) is 6.22. The summed E-state index contributed by atoms with van der Waals surface area (Å²) in [4.78, 5) is 0. The zero-order valence-corrected chi connectivity index (χ0v) is 13.2. The number of rotatable bonds is 4. The van der Waals surface area contributed by atoms with Gasteiger partial charge in [-0.25, -0.2) is 0 Å². The minimum atomic E-state index is 0.224. The van der Waals surface area contributed by atoms with E-state index in [9.17, 15) is 0 Å². The summed E-state index contributed by atoms with van der Waals surface area (Å²) >= 11 is 18.5. The molecule has 0 aliphatic heterocycles. The first kappa shape index (κ1) is 14.0. The predicted molar refractivity (Wildman–Crippen MR) is 83.4 cm³/mol. The summed E-state index contributed by atoms with van der Waals surface area (Å²) in [6, 6.07) is 5.84. The van der Waals surface area contributed by atoms with E-state index in [1.807, 2.05) is 18.2 Å². The second-order valence-corrected chi connectivity index (χ2v) is 7.65. The normalized spacial score (nSPS) is 30.8. The van der Waals surface area contributed by atoms with Crippen molar-refractivity contribution in [3.63, 3.8) is 0 Å². The van der Waals surface area contributed by atoms with Crippen LogP contribution in [0.2, 0.25) is 10.0 Å². The van der Waals surface area contributed by atoms with Gasteiger partial charge in [-0.1, -0.05) is 35.7 Å². The number of hydrogen-bond acceptors (Lipinski definition) is 0. The molecule has 0 aromatic heterocycles. The molecule has 0 nitrogen and oxygen atoms in total. The van der Waals surface area contributed by atoms with Crippen molar-refractivity contribution in [3.05, 3.63) is 33.8 Å². The Kier molecular flexibility index (Phi) is 4.31. The Hall–Kier alpha value is 0.0900. The van der Waals surface area contributed by atoms with E-state index in [1.165, 1.54) is 31.2 Å². The molecule has 3 rings (SSSR count). The highest BCUT2D eigenvalue weighted by Crippen LogP contribution is 2.50. The fraction of sp³-hybridized carbons (Fsp3) is 0.625. The van der Waals surface area contributed by atoms with Crippen LogP contribution in [0.25, 0.3) is 0 Å². The van der Waals surface area contributed by atoms with Crippen LogP contribution < -0.4 is 0 Å². The molecule has 2 aliphatic carbocycles. The molecule has 4 atom stereocenters. The molecule has 4 unspecified atom stereocenters. The van der Waals surface area contributed by atoms with Gasteiger partial charge >= 0.3 is 0 Å². The summed E-state index contributed by atoms with van der Waals surface area (Å²) in [5.74, 6) is 2.83. The summed E-state index contributed by atoms with van der Waals surface area (Å²) < 4.78 is 0. The van der Waals surface area contributed by atoms with Gasteiger partial charge in [-0.3, -0.25) is 0 Å². The maximum absolute atomic E-state index is 6.55. The van der Waals surface area contributed by atoms with Crippen LogP contribution in [0.1, 0.15) is 37.7 Å². The highest BCUT2D eigenvalue weighted by atomic mass is 35.5. The number of alkyl halides is 1. The van der Waals surface area contributed by atoms with Crippen molar-refractivity contribution in [3.8, 4) is 0 Å². The molecule has 0 spiro atoms. The molecule has 0 N–H and O–H groups in total. The van der Waals surface area contributed by atoms with Crippen LogP contribution in [0, 0.1) is 17.8 Å². The number of hydrogen-bond donors (Lipinski definition) is 0. The molecule has 19 heavy (non-hydrogen) atoms. The molecular weight excluding hydrogens is 299 g/mol. The quantitative estimate of drug-likeness (QED) is 0.600. The molecule has 1 aromatic carbocycles. The third-order valence-corrected chi connectivity index (χ3v) is 5.96. The molecule has 0 radical (unpaired) electrons. The molecule has 2 aliphatic rings. The van der Waals surface area contributed by atoms with Crippen molar-refractivity contribution in [1.82, 2.24) is 0 Å². The Morgan fingerprint density at radius 1 is 1.11 bits per heavy atom. The minimum absolute atomic E-state index is 0.224. The fourth-order valence-corrected chi connectivity index (χ4v) is 4.73. The lowest BCUT2D eigenvalue weighted by Gasteiger charge is -2.23. The maximum atomic E-state index is 6.55. The van der Waals surface area contributed by atoms with Gasteiger partial charge in [0.25, 0.3) is 0 Å². The van der Waals surface area contributed by atoms with Crippen molar-refractivity contribution in [2.45, 2.75) is 43.9 Å².